The second-order valence-corrected chi connectivity index (χ2v) is 3.00. The fraction of sp³-hybridized carbons (Fsp3) is 0.143. The van der Waals surface area contributed by atoms with Crippen molar-refractivity contribution in [3.63, 3.8) is 0 Å². The van der Waals surface area contributed by atoms with E-state index in [-0.39, 0.29) is 6.42 Å². The van der Waals surface area contributed by atoms with Crippen LogP contribution in [-0.2, 0) is 16.0 Å². The highest BCUT2D eigenvalue weighted by atomic mass is 32.1. The second-order valence-electron chi connectivity index (χ2n) is 1.97. The Balaban J connectivity index is 2.57. The number of rotatable bonds is 3. The van der Waals surface area contributed by atoms with E-state index in [9.17, 15) is 14.7 Å². The van der Waals surface area contributed by atoms with Crippen LogP contribution in [-0.4, -0.2) is 11.8 Å². The van der Waals surface area contributed by atoms with Crippen LogP contribution in [0.25, 0.3) is 0 Å². The van der Waals surface area contributed by atoms with Crippen LogP contribution < -0.4 is 5.11 Å². The number of ketones is 1. The molecule has 0 N–H and O–H groups in total. The average Bonchev–Trinajstić information content (AvgIpc) is 2.39. The lowest BCUT2D eigenvalue weighted by Gasteiger charge is -1.96. The Hall–Kier alpha value is -1.16. The number of thiophene rings is 1. The first-order valence-corrected chi connectivity index (χ1v) is 3.84. The van der Waals surface area contributed by atoms with Crippen LogP contribution in [0.4, 0.5) is 0 Å². The van der Waals surface area contributed by atoms with Gasteiger partial charge in [0.25, 0.3) is 0 Å². The Labute approximate surface area is 67.3 Å². The minimum atomic E-state index is -1.61. The highest BCUT2D eigenvalue weighted by Crippen LogP contribution is 2.08. The lowest BCUT2D eigenvalue weighted by Crippen LogP contribution is -2.32. The summed E-state index contributed by atoms with van der Waals surface area (Å²) in [5, 5.41) is 11.8. The maximum Gasteiger partial charge on any atom is 0.183 e. The van der Waals surface area contributed by atoms with Gasteiger partial charge in [0.15, 0.2) is 5.78 Å². The summed E-state index contributed by atoms with van der Waals surface area (Å²) >= 11 is 1.36. The van der Waals surface area contributed by atoms with Gasteiger partial charge in [-0.2, -0.15) is 0 Å². The molecule has 0 aliphatic carbocycles. The minimum Gasteiger partial charge on any atom is -0.542 e. The molecule has 1 aromatic rings. The molecular formula is C7H5O3S-. The zero-order chi connectivity index (χ0) is 8.27. The Bertz CT molecular complexity index is 263. The maximum atomic E-state index is 10.6. The van der Waals surface area contributed by atoms with Gasteiger partial charge in [-0.3, -0.25) is 4.79 Å². The van der Waals surface area contributed by atoms with Crippen molar-refractivity contribution in [3.05, 3.63) is 22.4 Å². The largest absolute Gasteiger partial charge is 0.542 e. The number of carboxylic acid groups (broad SMARTS) is 1. The van der Waals surface area contributed by atoms with E-state index in [1.54, 1.807) is 17.5 Å². The summed E-state index contributed by atoms with van der Waals surface area (Å²) in [6.07, 6.45) is -0.0556. The third kappa shape index (κ3) is 2.16. The number of hydrogen-bond donors (Lipinski definition) is 0. The molecule has 0 aromatic carbocycles. The van der Waals surface area contributed by atoms with E-state index in [1.807, 2.05) is 0 Å². The van der Waals surface area contributed by atoms with E-state index < -0.39 is 11.8 Å². The predicted molar refractivity (Wildman–Crippen MR) is 38.0 cm³/mol. The van der Waals surface area contributed by atoms with Crippen molar-refractivity contribution < 1.29 is 14.7 Å². The van der Waals surface area contributed by atoms with Crippen LogP contribution in [0.2, 0.25) is 0 Å². The minimum absolute atomic E-state index is 0.0556. The number of carbonyl (C=O) groups is 2. The van der Waals surface area contributed by atoms with Gasteiger partial charge in [0, 0.05) is 11.3 Å². The molecule has 0 atom stereocenters. The first kappa shape index (κ1) is 7.94. The van der Waals surface area contributed by atoms with E-state index in [0.717, 1.165) is 4.88 Å². The topological polar surface area (TPSA) is 57.2 Å². The number of carbonyl (C=O) groups excluding carboxylic acids is 2. The van der Waals surface area contributed by atoms with Gasteiger partial charge in [-0.25, -0.2) is 0 Å². The van der Waals surface area contributed by atoms with Crippen LogP contribution in [0, 0.1) is 0 Å². The fourth-order valence-corrected chi connectivity index (χ4v) is 1.35. The summed E-state index contributed by atoms with van der Waals surface area (Å²) in [6, 6.07) is 3.48. The smallest absolute Gasteiger partial charge is 0.183 e. The Morgan fingerprint density at radius 2 is 2.27 bits per heavy atom. The van der Waals surface area contributed by atoms with E-state index in [2.05, 4.69) is 0 Å². The predicted octanol–water partition coefficient (Wildman–Crippen LogP) is -0.390. The Kier molecular flexibility index (Phi) is 2.38. The van der Waals surface area contributed by atoms with Crippen molar-refractivity contribution in [1.29, 1.82) is 0 Å². The molecule has 0 radical (unpaired) electrons. The summed E-state index contributed by atoms with van der Waals surface area (Å²) in [4.78, 5) is 21.3. The van der Waals surface area contributed by atoms with Crippen molar-refractivity contribution in [3.8, 4) is 0 Å². The van der Waals surface area contributed by atoms with Crippen molar-refractivity contribution in [2.75, 3.05) is 0 Å². The lowest BCUT2D eigenvalue weighted by molar-refractivity contribution is -0.299. The van der Waals surface area contributed by atoms with Crippen LogP contribution >= 0.6 is 11.3 Å². The van der Waals surface area contributed by atoms with Crippen molar-refractivity contribution in [2.24, 2.45) is 0 Å². The van der Waals surface area contributed by atoms with Crippen LogP contribution in [0.1, 0.15) is 4.88 Å². The molecule has 0 aliphatic rings. The summed E-state index contributed by atoms with van der Waals surface area (Å²) in [5.41, 5.74) is 0. The Morgan fingerprint density at radius 3 is 2.73 bits per heavy atom. The van der Waals surface area contributed by atoms with Gasteiger partial charge in [-0.15, -0.1) is 11.3 Å². The fourth-order valence-electron chi connectivity index (χ4n) is 0.644. The SMILES string of the molecule is O=C([O-])C(=O)Cc1cccs1. The molecule has 58 valence electrons. The third-order valence-corrected chi connectivity index (χ3v) is 2.02. The third-order valence-electron chi connectivity index (χ3n) is 1.14. The molecule has 0 saturated carbocycles. The van der Waals surface area contributed by atoms with Gasteiger partial charge >= 0.3 is 0 Å². The summed E-state index contributed by atoms with van der Waals surface area (Å²) in [7, 11) is 0. The molecule has 0 fully saturated rings. The van der Waals surface area contributed by atoms with Crippen LogP contribution in [0.3, 0.4) is 0 Å². The standard InChI is InChI=1S/C7H6O3S/c8-6(7(9)10)4-5-2-1-3-11-5/h1-3H,4H2,(H,9,10)/p-1. The van der Waals surface area contributed by atoms with E-state index >= 15 is 0 Å². The van der Waals surface area contributed by atoms with Crippen molar-refractivity contribution >= 4 is 23.1 Å². The zero-order valence-corrected chi connectivity index (χ0v) is 6.39. The van der Waals surface area contributed by atoms with Crippen LogP contribution in [0.5, 0.6) is 0 Å². The molecule has 0 saturated heterocycles. The monoisotopic (exact) mass is 169 g/mol. The van der Waals surface area contributed by atoms with Gasteiger partial charge in [0.2, 0.25) is 0 Å². The molecule has 1 aromatic heterocycles. The number of hydrogen-bond acceptors (Lipinski definition) is 4. The Morgan fingerprint density at radius 1 is 1.55 bits per heavy atom. The van der Waals surface area contributed by atoms with E-state index in [1.165, 1.54) is 11.3 Å². The van der Waals surface area contributed by atoms with Crippen molar-refractivity contribution in [2.45, 2.75) is 6.42 Å². The lowest BCUT2D eigenvalue weighted by atomic mass is 10.2. The molecule has 1 rings (SSSR count). The molecule has 0 aliphatic heterocycles. The normalized spacial score (nSPS) is 9.45. The molecule has 0 bridgehead atoms. The van der Waals surface area contributed by atoms with Crippen LogP contribution in [0.15, 0.2) is 17.5 Å². The number of carboxylic acids is 1. The second kappa shape index (κ2) is 3.30. The maximum absolute atomic E-state index is 10.6. The molecule has 0 amide bonds. The van der Waals surface area contributed by atoms with Gasteiger partial charge in [0.1, 0.15) is 5.97 Å². The summed E-state index contributed by atoms with van der Waals surface area (Å²) in [6.45, 7) is 0. The molecule has 4 heteroatoms. The average molecular weight is 169 g/mol. The molecule has 11 heavy (non-hydrogen) atoms. The summed E-state index contributed by atoms with van der Waals surface area (Å²) < 4.78 is 0. The molecule has 0 unspecified atom stereocenters. The van der Waals surface area contributed by atoms with Gasteiger partial charge in [0.05, 0.1) is 0 Å². The van der Waals surface area contributed by atoms with E-state index in [4.69, 9.17) is 0 Å². The van der Waals surface area contributed by atoms with Gasteiger partial charge in [-0.05, 0) is 11.4 Å². The van der Waals surface area contributed by atoms with Gasteiger partial charge < -0.3 is 9.90 Å². The van der Waals surface area contributed by atoms with E-state index in [0.29, 0.717) is 0 Å². The number of Topliss-reactive ketones (excluding diaryl/α,β-unsaturated/α-hetero) is 1. The molecule has 1 heterocycles. The van der Waals surface area contributed by atoms with Gasteiger partial charge in [-0.1, -0.05) is 6.07 Å². The molecule has 0 spiro atoms. The first-order valence-electron chi connectivity index (χ1n) is 2.96. The number of aliphatic carboxylic acids is 1. The zero-order valence-electron chi connectivity index (χ0n) is 5.57. The highest BCUT2D eigenvalue weighted by Gasteiger charge is 2.03. The molecular weight excluding hydrogens is 164 g/mol. The quantitative estimate of drug-likeness (QED) is 0.579. The van der Waals surface area contributed by atoms with Crippen molar-refractivity contribution in [1.82, 2.24) is 0 Å². The first-order chi connectivity index (χ1) is 5.20. The highest BCUT2D eigenvalue weighted by molar-refractivity contribution is 7.10. The molecule has 3 nitrogen and oxygen atoms in total. The summed E-state index contributed by atoms with van der Waals surface area (Å²) in [5.74, 6) is -2.48.